The number of aliphatic hydroxyl groups is 1. The van der Waals surface area contributed by atoms with E-state index in [1.165, 1.54) is 0 Å². The first kappa shape index (κ1) is 12.6. The number of carbonyl (C=O) groups is 2. The second kappa shape index (κ2) is 5.07. The van der Waals surface area contributed by atoms with Gasteiger partial charge in [-0.15, -0.1) is 0 Å². The van der Waals surface area contributed by atoms with Crippen molar-refractivity contribution in [3.8, 4) is 0 Å². The number of hydrogen-bond acceptors (Lipinski definition) is 4. The second-order valence-electron chi connectivity index (χ2n) is 4.41. The maximum absolute atomic E-state index is 11.7. The van der Waals surface area contributed by atoms with E-state index in [1.807, 2.05) is 13.8 Å². The van der Waals surface area contributed by atoms with Gasteiger partial charge in [-0.05, 0) is 20.3 Å². The topological polar surface area (TPSA) is 90.8 Å². The van der Waals surface area contributed by atoms with Crippen LogP contribution in [0.15, 0.2) is 5.10 Å². The van der Waals surface area contributed by atoms with Gasteiger partial charge in [0.1, 0.15) is 5.71 Å². The molecule has 0 saturated carbocycles. The summed E-state index contributed by atoms with van der Waals surface area (Å²) in [5, 5.41) is 15.3. The lowest BCUT2D eigenvalue weighted by Gasteiger charge is -2.26. The van der Waals surface area contributed by atoms with Crippen molar-refractivity contribution < 1.29 is 14.7 Å². The Bertz CT molecular complexity index is 323. The van der Waals surface area contributed by atoms with Crippen LogP contribution in [0.2, 0.25) is 0 Å². The summed E-state index contributed by atoms with van der Waals surface area (Å²) in [6.45, 7) is 3.66. The zero-order chi connectivity index (χ0) is 12.2. The second-order valence-corrected chi connectivity index (χ2v) is 4.41. The van der Waals surface area contributed by atoms with Gasteiger partial charge in [-0.25, -0.2) is 5.43 Å². The quantitative estimate of drug-likeness (QED) is 0.606. The third-order valence-corrected chi connectivity index (χ3v) is 2.36. The molecule has 0 bridgehead atoms. The van der Waals surface area contributed by atoms with Crippen LogP contribution in [0.1, 0.15) is 33.1 Å². The van der Waals surface area contributed by atoms with E-state index in [9.17, 15) is 9.59 Å². The van der Waals surface area contributed by atoms with Gasteiger partial charge in [-0.2, -0.15) is 5.10 Å². The van der Waals surface area contributed by atoms with Gasteiger partial charge in [0.15, 0.2) is 0 Å². The molecule has 0 fully saturated rings. The van der Waals surface area contributed by atoms with Crippen molar-refractivity contribution in [3.05, 3.63) is 0 Å². The average Bonchev–Trinajstić information content (AvgIpc) is 2.17. The highest BCUT2D eigenvalue weighted by Crippen LogP contribution is 2.08. The minimum absolute atomic E-state index is 0.0104. The third-order valence-electron chi connectivity index (χ3n) is 2.36. The monoisotopic (exact) mass is 227 g/mol. The molecule has 0 unspecified atom stereocenters. The first-order valence-electron chi connectivity index (χ1n) is 5.23. The van der Waals surface area contributed by atoms with E-state index in [-0.39, 0.29) is 24.8 Å². The lowest BCUT2D eigenvalue weighted by Crippen LogP contribution is -2.48. The average molecular weight is 227 g/mol. The van der Waals surface area contributed by atoms with Crippen molar-refractivity contribution in [1.29, 1.82) is 0 Å². The van der Waals surface area contributed by atoms with Crippen LogP contribution in [-0.4, -0.2) is 34.8 Å². The molecule has 2 amide bonds. The van der Waals surface area contributed by atoms with Crippen molar-refractivity contribution >= 4 is 17.5 Å². The fourth-order valence-corrected chi connectivity index (χ4v) is 1.36. The van der Waals surface area contributed by atoms with Gasteiger partial charge < -0.3 is 10.4 Å². The standard InChI is InChI=1S/C10H17N3O3/c1-10(2,5-6-14)11-9(16)7-3-4-8(15)13-12-7/h14H,3-6H2,1-2H3,(H,11,16)(H,13,15). The molecule has 3 N–H and O–H groups in total. The van der Waals surface area contributed by atoms with Gasteiger partial charge in [-0.3, -0.25) is 9.59 Å². The molecule has 0 aromatic heterocycles. The highest BCUT2D eigenvalue weighted by atomic mass is 16.3. The lowest BCUT2D eigenvalue weighted by atomic mass is 10.0. The maximum atomic E-state index is 11.7. The molecule has 0 saturated heterocycles. The molecular formula is C10H17N3O3. The molecule has 16 heavy (non-hydrogen) atoms. The van der Waals surface area contributed by atoms with E-state index < -0.39 is 5.54 Å². The van der Waals surface area contributed by atoms with Gasteiger partial charge in [-0.1, -0.05) is 0 Å². The van der Waals surface area contributed by atoms with Crippen LogP contribution < -0.4 is 10.7 Å². The van der Waals surface area contributed by atoms with Gasteiger partial charge in [0.05, 0.1) is 0 Å². The summed E-state index contributed by atoms with van der Waals surface area (Å²) in [6.07, 6.45) is 1.11. The summed E-state index contributed by atoms with van der Waals surface area (Å²) in [5.41, 5.74) is 2.12. The van der Waals surface area contributed by atoms with Crippen LogP contribution in [0, 0.1) is 0 Å². The highest BCUT2D eigenvalue weighted by molar-refractivity contribution is 6.39. The molecule has 1 heterocycles. The Balaban J connectivity index is 2.55. The normalized spacial score (nSPS) is 16.4. The molecule has 90 valence electrons. The first-order chi connectivity index (χ1) is 7.44. The predicted octanol–water partition coefficient (Wildman–Crippen LogP) is -0.470. The lowest BCUT2D eigenvalue weighted by molar-refractivity contribution is -0.121. The van der Waals surface area contributed by atoms with Crippen molar-refractivity contribution in [2.24, 2.45) is 5.10 Å². The molecule has 6 heteroatoms. The van der Waals surface area contributed by atoms with E-state index in [1.54, 1.807) is 0 Å². The van der Waals surface area contributed by atoms with E-state index >= 15 is 0 Å². The first-order valence-corrected chi connectivity index (χ1v) is 5.23. The number of nitrogens with one attached hydrogen (secondary N) is 2. The van der Waals surface area contributed by atoms with Crippen molar-refractivity contribution in [3.63, 3.8) is 0 Å². The van der Waals surface area contributed by atoms with E-state index in [2.05, 4.69) is 15.8 Å². The number of hydrogen-bond donors (Lipinski definition) is 3. The Morgan fingerprint density at radius 2 is 2.25 bits per heavy atom. The summed E-state index contributed by atoms with van der Waals surface area (Å²) in [6, 6.07) is 0. The molecule has 0 aromatic rings. The van der Waals surface area contributed by atoms with Gasteiger partial charge in [0.2, 0.25) is 5.91 Å². The summed E-state index contributed by atoms with van der Waals surface area (Å²) >= 11 is 0. The number of amides is 2. The van der Waals surface area contributed by atoms with Gasteiger partial charge in [0, 0.05) is 25.0 Å². The van der Waals surface area contributed by atoms with Crippen molar-refractivity contribution in [2.75, 3.05) is 6.61 Å². The Morgan fingerprint density at radius 1 is 1.56 bits per heavy atom. The number of carbonyl (C=O) groups excluding carboxylic acids is 2. The fourth-order valence-electron chi connectivity index (χ4n) is 1.36. The molecule has 0 aromatic carbocycles. The Morgan fingerprint density at radius 3 is 2.75 bits per heavy atom. The molecule has 0 radical (unpaired) electrons. The predicted molar refractivity (Wildman–Crippen MR) is 58.7 cm³/mol. The van der Waals surface area contributed by atoms with Crippen LogP contribution >= 0.6 is 0 Å². The van der Waals surface area contributed by atoms with Gasteiger partial charge >= 0.3 is 0 Å². The number of rotatable bonds is 4. The van der Waals surface area contributed by atoms with E-state index in [0.29, 0.717) is 18.6 Å². The zero-order valence-corrected chi connectivity index (χ0v) is 9.54. The molecule has 0 spiro atoms. The molecule has 1 aliphatic rings. The van der Waals surface area contributed by atoms with E-state index in [0.717, 1.165) is 0 Å². The smallest absolute Gasteiger partial charge is 0.267 e. The summed E-state index contributed by atoms with van der Waals surface area (Å²) in [4.78, 5) is 22.6. The molecule has 1 aliphatic heterocycles. The maximum Gasteiger partial charge on any atom is 0.267 e. The van der Waals surface area contributed by atoms with Crippen LogP contribution in [0.25, 0.3) is 0 Å². The van der Waals surface area contributed by atoms with Crippen molar-refractivity contribution in [1.82, 2.24) is 10.7 Å². The number of hydrazone groups is 1. The number of aliphatic hydroxyl groups excluding tert-OH is 1. The van der Waals surface area contributed by atoms with Crippen LogP contribution in [0.3, 0.4) is 0 Å². The molecule has 0 atom stereocenters. The molecule has 0 aliphatic carbocycles. The SMILES string of the molecule is CC(C)(CCO)NC(=O)C1=NNC(=O)CC1. The molecule has 6 nitrogen and oxygen atoms in total. The fraction of sp³-hybridized carbons (Fsp3) is 0.700. The summed E-state index contributed by atoms with van der Waals surface area (Å²) in [5.74, 6) is -0.468. The summed E-state index contributed by atoms with van der Waals surface area (Å²) in [7, 11) is 0. The zero-order valence-electron chi connectivity index (χ0n) is 9.54. The van der Waals surface area contributed by atoms with E-state index in [4.69, 9.17) is 5.11 Å². The van der Waals surface area contributed by atoms with Gasteiger partial charge in [0.25, 0.3) is 5.91 Å². The Hall–Kier alpha value is -1.43. The minimum atomic E-state index is -0.476. The van der Waals surface area contributed by atoms with Crippen LogP contribution in [-0.2, 0) is 9.59 Å². The summed E-state index contributed by atoms with van der Waals surface area (Å²) < 4.78 is 0. The van der Waals surface area contributed by atoms with Crippen LogP contribution in [0.4, 0.5) is 0 Å². The van der Waals surface area contributed by atoms with Crippen molar-refractivity contribution in [2.45, 2.75) is 38.6 Å². The highest BCUT2D eigenvalue weighted by Gasteiger charge is 2.24. The third kappa shape index (κ3) is 3.62. The van der Waals surface area contributed by atoms with Crippen LogP contribution in [0.5, 0.6) is 0 Å². The molecular weight excluding hydrogens is 210 g/mol. The Kier molecular flexibility index (Phi) is 4.00. The minimum Gasteiger partial charge on any atom is -0.396 e. The number of nitrogens with zero attached hydrogens (tertiary/aromatic N) is 1. The Labute approximate surface area is 94.1 Å². The molecule has 1 rings (SSSR count). The largest absolute Gasteiger partial charge is 0.396 e.